The number of sulfonamides is 1. The number of halogens is 3. The minimum atomic E-state index is -4.06. The quantitative estimate of drug-likeness (QED) is 0.462. The maximum absolute atomic E-state index is 14.0. The summed E-state index contributed by atoms with van der Waals surface area (Å²) in [7, 11) is 0.643. The number of hydrogen-bond acceptors (Lipinski definition) is 5. The molecule has 0 saturated heterocycles. The Morgan fingerprint density at radius 2 is 1.70 bits per heavy atom. The average Bonchev–Trinajstić information content (AvgIpc) is 3.02. The molecule has 176 valence electrons. The van der Waals surface area contributed by atoms with Crippen LogP contribution in [0.5, 0.6) is 11.5 Å². The molecular formula is C22H22Cl3N3O4S. The Bertz CT molecular complexity index is 1300. The summed E-state index contributed by atoms with van der Waals surface area (Å²) in [4.78, 5) is -0.0271. The Morgan fingerprint density at radius 1 is 1.03 bits per heavy atom. The molecule has 0 fully saturated rings. The molecule has 7 nitrogen and oxygen atoms in total. The summed E-state index contributed by atoms with van der Waals surface area (Å²) in [5.41, 5.74) is 2.54. The fourth-order valence-electron chi connectivity index (χ4n) is 4.31. The number of methoxy groups -OCH3 is 2. The first kappa shape index (κ1) is 24.2. The van der Waals surface area contributed by atoms with E-state index in [4.69, 9.17) is 44.3 Å². The zero-order chi connectivity index (χ0) is 24.1. The van der Waals surface area contributed by atoms with Crippen LogP contribution in [0, 0.1) is 6.92 Å². The third-order valence-corrected chi connectivity index (χ3v) is 8.68. The smallest absolute Gasteiger partial charge is 0.248 e. The molecule has 0 aliphatic carbocycles. The molecule has 1 unspecified atom stereocenters. The number of benzene rings is 2. The third kappa shape index (κ3) is 4.19. The van der Waals surface area contributed by atoms with Crippen LogP contribution >= 0.6 is 34.8 Å². The lowest BCUT2D eigenvalue weighted by molar-refractivity contribution is 0.324. The van der Waals surface area contributed by atoms with E-state index in [9.17, 15) is 8.42 Å². The summed E-state index contributed by atoms with van der Waals surface area (Å²) in [6.45, 7) is 1.82. The molecule has 1 aromatic heterocycles. The van der Waals surface area contributed by atoms with Gasteiger partial charge >= 0.3 is 0 Å². The summed E-state index contributed by atoms with van der Waals surface area (Å²) >= 11 is 19.0. The molecule has 1 aliphatic rings. The molecule has 2 heterocycles. The fraction of sp³-hybridized carbons (Fsp3) is 0.318. The van der Waals surface area contributed by atoms with Crippen molar-refractivity contribution in [2.45, 2.75) is 24.3 Å². The molecule has 0 saturated carbocycles. The first-order valence-corrected chi connectivity index (χ1v) is 12.6. The summed E-state index contributed by atoms with van der Waals surface area (Å²) < 4.78 is 41.8. The number of fused-ring (bicyclic) bond motifs is 1. The van der Waals surface area contributed by atoms with E-state index >= 15 is 0 Å². The van der Waals surface area contributed by atoms with Crippen molar-refractivity contribution in [2.24, 2.45) is 7.05 Å². The molecule has 0 amide bonds. The van der Waals surface area contributed by atoms with Crippen molar-refractivity contribution >= 4 is 44.8 Å². The summed E-state index contributed by atoms with van der Waals surface area (Å²) in [5.74, 6) is 1.12. The number of aryl methyl sites for hydroxylation is 2. The highest BCUT2D eigenvalue weighted by Crippen LogP contribution is 2.46. The zero-order valence-electron chi connectivity index (χ0n) is 18.4. The monoisotopic (exact) mass is 529 g/mol. The van der Waals surface area contributed by atoms with E-state index in [1.165, 1.54) is 16.1 Å². The SMILES string of the molecule is COc1cc2c(c(OC)c1)C(c1cc(Cl)cc(Cl)c1)N(S(=O)(=O)c1c(C)nn(C)c1Cl)CC2. The van der Waals surface area contributed by atoms with Crippen molar-refractivity contribution in [3.05, 3.63) is 67.9 Å². The van der Waals surface area contributed by atoms with Gasteiger partial charge in [0.05, 0.1) is 26.0 Å². The largest absolute Gasteiger partial charge is 0.497 e. The van der Waals surface area contributed by atoms with Gasteiger partial charge in [-0.1, -0.05) is 34.8 Å². The van der Waals surface area contributed by atoms with E-state index in [0.29, 0.717) is 44.8 Å². The van der Waals surface area contributed by atoms with Crippen LogP contribution in [-0.2, 0) is 23.5 Å². The standard InChI is InChI=1S/C22H22Cl3N3O4S/c1-12-21(22(25)27(2)26-12)33(29,30)28-6-5-13-9-17(31-3)11-18(32-4)19(13)20(28)14-7-15(23)10-16(24)8-14/h7-11,20H,5-6H2,1-4H3. The van der Waals surface area contributed by atoms with E-state index < -0.39 is 16.1 Å². The molecule has 0 bridgehead atoms. The van der Waals surface area contributed by atoms with Crippen molar-refractivity contribution in [3.63, 3.8) is 0 Å². The zero-order valence-corrected chi connectivity index (χ0v) is 21.5. The van der Waals surface area contributed by atoms with Crippen LogP contribution in [0.25, 0.3) is 0 Å². The van der Waals surface area contributed by atoms with Crippen LogP contribution in [0.15, 0.2) is 35.2 Å². The Balaban J connectivity index is 2.00. The van der Waals surface area contributed by atoms with Crippen LogP contribution in [-0.4, -0.2) is 43.3 Å². The Hall–Kier alpha value is -1.97. The normalized spacial score (nSPS) is 16.5. The summed E-state index contributed by atoms with van der Waals surface area (Å²) in [6.07, 6.45) is 0.448. The van der Waals surface area contributed by atoms with Crippen molar-refractivity contribution in [2.75, 3.05) is 20.8 Å². The van der Waals surface area contributed by atoms with Crippen LogP contribution < -0.4 is 9.47 Å². The molecule has 3 aromatic rings. The second-order valence-electron chi connectivity index (χ2n) is 7.70. The molecule has 4 rings (SSSR count). The lowest BCUT2D eigenvalue weighted by Crippen LogP contribution is -2.41. The van der Waals surface area contributed by atoms with Gasteiger partial charge in [0.2, 0.25) is 10.0 Å². The molecule has 1 atom stereocenters. The van der Waals surface area contributed by atoms with E-state index in [-0.39, 0.29) is 16.6 Å². The predicted molar refractivity (Wildman–Crippen MR) is 128 cm³/mol. The lowest BCUT2D eigenvalue weighted by Gasteiger charge is -2.37. The number of ether oxygens (including phenoxy) is 2. The van der Waals surface area contributed by atoms with Gasteiger partial charge in [0.25, 0.3) is 0 Å². The van der Waals surface area contributed by atoms with Crippen molar-refractivity contribution < 1.29 is 17.9 Å². The van der Waals surface area contributed by atoms with Crippen molar-refractivity contribution in [3.8, 4) is 11.5 Å². The molecule has 0 radical (unpaired) electrons. The third-order valence-electron chi connectivity index (χ3n) is 5.69. The maximum atomic E-state index is 14.0. The molecule has 0 spiro atoms. The first-order valence-electron chi connectivity index (χ1n) is 10.00. The number of hydrogen-bond donors (Lipinski definition) is 0. The van der Waals surface area contributed by atoms with Gasteiger partial charge in [0.1, 0.15) is 21.5 Å². The molecule has 2 aromatic carbocycles. The van der Waals surface area contributed by atoms with Crippen molar-refractivity contribution in [1.29, 1.82) is 0 Å². The molecule has 0 N–H and O–H groups in total. The Morgan fingerprint density at radius 3 is 2.24 bits per heavy atom. The van der Waals surface area contributed by atoms with Gasteiger partial charge in [-0.25, -0.2) is 8.42 Å². The molecule has 33 heavy (non-hydrogen) atoms. The molecular weight excluding hydrogens is 509 g/mol. The summed E-state index contributed by atoms with van der Waals surface area (Å²) in [6, 6.07) is 7.88. The van der Waals surface area contributed by atoms with Crippen LogP contribution in [0.2, 0.25) is 15.2 Å². The lowest BCUT2D eigenvalue weighted by atomic mass is 9.88. The first-order chi connectivity index (χ1) is 15.6. The second-order valence-corrected chi connectivity index (χ2v) is 10.8. The second kappa shape index (κ2) is 9.00. The summed E-state index contributed by atoms with van der Waals surface area (Å²) in [5, 5.41) is 5.03. The number of nitrogens with zero attached hydrogens (tertiary/aromatic N) is 3. The van der Waals surface area contributed by atoms with E-state index in [1.54, 1.807) is 45.3 Å². The van der Waals surface area contributed by atoms with E-state index in [0.717, 1.165) is 5.56 Å². The highest BCUT2D eigenvalue weighted by Gasteiger charge is 2.42. The average molecular weight is 531 g/mol. The van der Waals surface area contributed by atoms with Gasteiger partial charge in [0.15, 0.2) is 0 Å². The minimum Gasteiger partial charge on any atom is -0.497 e. The fourth-order valence-corrected chi connectivity index (χ4v) is 7.15. The van der Waals surface area contributed by atoms with Gasteiger partial charge in [-0.05, 0) is 48.7 Å². The number of aromatic nitrogens is 2. The van der Waals surface area contributed by atoms with E-state index in [1.807, 2.05) is 6.07 Å². The van der Waals surface area contributed by atoms with Crippen LogP contribution in [0.1, 0.15) is 28.4 Å². The topological polar surface area (TPSA) is 73.7 Å². The van der Waals surface area contributed by atoms with Gasteiger partial charge in [-0.15, -0.1) is 0 Å². The van der Waals surface area contributed by atoms with Gasteiger partial charge in [-0.2, -0.15) is 9.40 Å². The molecule has 11 heteroatoms. The predicted octanol–water partition coefficient (Wildman–Crippen LogP) is 5.04. The van der Waals surface area contributed by atoms with Crippen LogP contribution in [0.3, 0.4) is 0 Å². The highest BCUT2D eigenvalue weighted by molar-refractivity contribution is 7.89. The van der Waals surface area contributed by atoms with Crippen molar-refractivity contribution in [1.82, 2.24) is 14.1 Å². The highest BCUT2D eigenvalue weighted by atomic mass is 35.5. The van der Waals surface area contributed by atoms with Gasteiger partial charge in [0, 0.05) is 35.3 Å². The van der Waals surface area contributed by atoms with E-state index in [2.05, 4.69) is 5.10 Å². The van der Waals surface area contributed by atoms with Crippen LogP contribution in [0.4, 0.5) is 0 Å². The van der Waals surface area contributed by atoms with Gasteiger partial charge in [-0.3, -0.25) is 4.68 Å². The maximum Gasteiger partial charge on any atom is 0.248 e. The molecule has 1 aliphatic heterocycles. The van der Waals surface area contributed by atoms with Gasteiger partial charge < -0.3 is 9.47 Å². The Kier molecular flexibility index (Phi) is 6.59. The Labute approximate surface area is 207 Å². The number of rotatable bonds is 5. The minimum absolute atomic E-state index is 0.0271.